The quantitative estimate of drug-likeness (QED) is 0.915. The van der Waals surface area contributed by atoms with Crippen LogP contribution >= 0.6 is 0 Å². The second kappa shape index (κ2) is 6.41. The first-order valence-corrected chi connectivity index (χ1v) is 8.10. The number of nitrogens with zero attached hydrogens (tertiary/aromatic N) is 1. The van der Waals surface area contributed by atoms with Gasteiger partial charge in [0.25, 0.3) is 0 Å². The number of benzene rings is 1. The minimum atomic E-state index is -0.482. The predicted octanol–water partition coefficient (Wildman–Crippen LogP) is 3.63. The van der Waals surface area contributed by atoms with E-state index in [0.717, 1.165) is 24.7 Å². The summed E-state index contributed by atoms with van der Waals surface area (Å²) in [5.41, 5.74) is 0.748. The Balaban J connectivity index is 1.81. The van der Waals surface area contributed by atoms with Gasteiger partial charge in [-0.05, 0) is 63.4 Å². The van der Waals surface area contributed by atoms with Crippen LogP contribution in [0, 0.1) is 11.6 Å². The molecule has 3 rings (SSSR count). The van der Waals surface area contributed by atoms with Crippen molar-refractivity contribution in [3.8, 4) is 0 Å². The van der Waals surface area contributed by atoms with E-state index in [-0.39, 0.29) is 6.04 Å². The van der Waals surface area contributed by atoms with Crippen molar-refractivity contribution >= 4 is 0 Å². The fourth-order valence-electron chi connectivity index (χ4n) is 3.94. The first-order valence-electron chi connectivity index (χ1n) is 8.10. The first-order chi connectivity index (χ1) is 10.1. The molecule has 0 saturated carbocycles. The van der Waals surface area contributed by atoms with Crippen molar-refractivity contribution in [3.63, 3.8) is 0 Å². The average molecular weight is 294 g/mol. The zero-order chi connectivity index (χ0) is 14.8. The summed E-state index contributed by atoms with van der Waals surface area (Å²) >= 11 is 0. The predicted molar refractivity (Wildman–Crippen MR) is 80.1 cm³/mol. The van der Waals surface area contributed by atoms with Crippen molar-refractivity contribution in [2.75, 3.05) is 13.1 Å². The molecule has 3 unspecified atom stereocenters. The van der Waals surface area contributed by atoms with E-state index in [2.05, 4.69) is 17.1 Å². The summed E-state index contributed by atoms with van der Waals surface area (Å²) in [6.45, 7) is 4.18. The van der Waals surface area contributed by atoms with Gasteiger partial charge in [0.1, 0.15) is 11.6 Å². The van der Waals surface area contributed by atoms with Crippen molar-refractivity contribution in [1.82, 2.24) is 10.2 Å². The number of likely N-dealkylation sites (tertiary alicyclic amines) is 1. The first kappa shape index (κ1) is 14.9. The number of nitrogens with one attached hydrogen (secondary N) is 1. The van der Waals surface area contributed by atoms with E-state index >= 15 is 0 Å². The second-order valence-electron chi connectivity index (χ2n) is 6.38. The lowest BCUT2D eigenvalue weighted by atomic mass is 9.91. The molecule has 2 heterocycles. The van der Waals surface area contributed by atoms with E-state index in [1.807, 2.05) is 0 Å². The van der Waals surface area contributed by atoms with Crippen LogP contribution in [-0.2, 0) is 0 Å². The van der Waals surface area contributed by atoms with Gasteiger partial charge in [-0.15, -0.1) is 0 Å². The van der Waals surface area contributed by atoms with E-state index in [1.54, 1.807) is 0 Å². The summed E-state index contributed by atoms with van der Waals surface area (Å²) in [7, 11) is 0. The van der Waals surface area contributed by atoms with Gasteiger partial charge in [-0.2, -0.15) is 0 Å². The van der Waals surface area contributed by atoms with Gasteiger partial charge in [-0.25, -0.2) is 8.78 Å². The molecule has 0 amide bonds. The van der Waals surface area contributed by atoms with Crippen molar-refractivity contribution in [3.05, 3.63) is 35.4 Å². The fourth-order valence-corrected chi connectivity index (χ4v) is 3.94. The van der Waals surface area contributed by atoms with Gasteiger partial charge in [0, 0.05) is 24.2 Å². The molecule has 2 aliphatic rings. The largest absolute Gasteiger partial charge is 0.312 e. The summed E-state index contributed by atoms with van der Waals surface area (Å²) in [4.78, 5) is 2.45. The SMILES string of the molecule is CC(c1cc(F)cc(F)c1)N1CCCCC1C1CCCN1. The average Bonchev–Trinajstić information content (AvgIpc) is 2.99. The Morgan fingerprint density at radius 3 is 2.52 bits per heavy atom. The summed E-state index contributed by atoms with van der Waals surface area (Å²) in [5, 5.41) is 3.60. The highest BCUT2D eigenvalue weighted by Crippen LogP contribution is 2.32. The van der Waals surface area contributed by atoms with Gasteiger partial charge in [0.05, 0.1) is 0 Å². The molecule has 2 aliphatic heterocycles. The van der Waals surface area contributed by atoms with Crippen LogP contribution in [0.4, 0.5) is 8.78 Å². The molecule has 0 aromatic heterocycles. The highest BCUT2D eigenvalue weighted by molar-refractivity contribution is 5.21. The van der Waals surface area contributed by atoms with Crippen LogP contribution in [0.2, 0.25) is 0 Å². The zero-order valence-corrected chi connectivity index (χ0v) is 12.6. The molecule has 2 fully saturated rings. The fraction of sp³-hybridized carbons (Fsp3) is 0.647. The van der Waals surface area contributed by atoms with Crippen molar-refractivity contribution in [2.45, 2.75) is 57.2 Å². The lowest BCUT2D eigenvalue weighted by Gasteiger charge is -2.43. The zero-order valence-electron chi connectivity index (χ0n) is 12.6. The highest BCUT2D eigenvalue weighted by Gasteiger charge is 2.34. The van der Waals surface area contributed by atoms with Crippen LogP contribution in [-0.4, -0.2) is 30.1 Å². The molecule has 116 valence electrons. The van der Waals surface area contributed by atoms with E-state index in [4.69, 9.17) is 0 Å². The molecule has 4 heteroatoms. The molecular weight excluding hydrogens is 270 g/mol. The van der Waals surface area contributed by atoms with Crippen molar-refractivity contribution < 1.29 is 8.78 Å². The number of rotatable bonds is 3. The van der Waals surface area contributed by atoms with Crippen LogP contribution in [0.5, 0.6) is 0 Å². The van der Waals surface area contributed by atoms with Crippen LogP contribution in [0.1, 0.15) is 50.6 Å². The maximum atomic E-state index is 13.5. The normalized spacial score (nSPS) is 28.7. The number of piperidine rings is 1. The lowest BCUT2D eigenvalue weighted by molar-refractivity contribution is 0.0800. The summed E-state index contributed by atoms with van der Waals surface area (Å²) in [6.07, 6.45) is 6.05. The Morgan fingerprint density at radius 2 is 1.86 bits per heavy atom. The Bertz CT molecular complexity index is 465. The molecule has 3 atom stereocenters. The minimum Gasteiger partial charge on any atom is -0.312 e. The van der Waals surface area contributed by atoms with Gasteiger partial charge < -0.3 is 5.32 Å². The van der Waals surface area contributed by atoms with Crippen LogP contribution < -0.4 is 5.32 Å². The Labute approximate surface area is 125 Å². The topological polar surface area (TPSA) is 15.3 Å². The molecule has 1 aromatic rings. The number of halogens is 2. The maximum Gasteiger partial charge on any atom is 0.126 e. The Hall–Kier alpha value is -1.00. The number of hydrogen-bond acceptors (Lipinski definition) is 2. The van der Waals surface area contributed by atoms with Gasteiger partial charge in [0.15, 0.2) is 0 Å². The molecule has 2 nitrogen and oxygen atoms in total. The molecule has 1 aromatic carbocycles. The third kappa shape index (κ3) is 3.27. The third-order valence-electron chi connectivity index (χ3n) is 5.02. The van der Waals surface area contributed by atoms with E-state index in [9.17, 15) is 8.78 Å². The van der Waals surface area contributed by atoms with Gasteiger partial charge in [-0.3, -0.25) is 4.90 Å². The molecular formula is C17H24F2N2. The molecule has 0 aliphatic carbocycles. The van der Waals surface area contributed by atoms with Gasteiger partial charge >= 0.3 is 0 Å². The van der Waals surface area contributed by atoms with Crippen LogP contribution in [0.15, 0.2) is 18.2 Å². The minimum absolute atomic E-state index is 0.0582. The monoisotopic (exact) mass is 294 g/mol. The summed E-state index contributed by atoms with van der Waals surface area (Å²) in [6, 6.07) is 4.97. The standard InChI is InChI=1S/C17H24F2N2/c1-12(13-9-14(18)11-15(19)10-13)21-8-3-2-6-17(21)16-5-4-7-20-16/h9-12,16-17,20H,2-8H2,1H3. The van der Waals surface area contributed by atoms with Crippen molar-refractivity contribution in [1.29, 1.82) is 0 Å². The number of hydrogen-bond donors (Lipinski definition) is 1. The highest BCUT2D eigenvalue weighted by atomic mass is 19.1. The second-order valence-corrected chi connectivity index (χ2v) is 6.38. The lowest BCUT2D eigenvalue weighted by Crippen LogP contribution is -2.50. The van der Waals surface area contributed by atoms with Crippen LogP contribution in [0.3, 0.4) is 0 Å². The molecule has 2 saturated heterocycles. The Kier molecular flexibility index (Phi) is 4.55. The summed E-state index contributed by atoms with van der Waals surface area (Å²) < 4.78 is 27.0. The molecule has 0 radical (unpaired) electrons. The molecule has 1 N–H and O–H groups in total. The van der Waals surface area contributed by atoms with E-state index < -0.39 is 11.6 Å². The van der Waals surface area contributed by atoms with Gasteiger partial charge in [-0.1, -0.05) is 6.42 Å². The molecule has 0 bridgehead atoms. The van der Waals surface area contributed by atoms with Gasteiger partial charge in [0.2, 0.25) is 0 Å². The van der Waals surface area contributed by atoms with E-state index in [0.29, 0.717) is 12.1 Å². The van der Waals surface area contributed by atoms with Crippen LogP contribution in [0.25, 0.3) is 0 Å². The Morgan fingerprint density at radius 1 is 1.10 bits per heavy atom. The van der Waals surface area contributed by atoms with E-state index in [1.165, 1.54) is 44.2 Å². The molecule has 21 heavy (non-hydrogen) atoms. The smallest absolute Gasteiger partial charge is 0.126 e. The third-order valence-corrected chi connectivity index (χ3v) is 5.02. The van der Waals surface area contributed by atoms with Crippen molar-refractivity contribution in [2.24, 2.45) is 0 Å². The molecule has 0 spiro atoms. The summed E-state index contributed by atoms with van der Waals surface area (Å²) in [5.74, 6) is -0.964. The maximum absolute atomic E-state index is 13.5.